The minimum Gasteiger partial charge on any atom is -0.393 e. The molecule has 290 valence electrons. The number of carbonyl (C=O) groups excluding carboxylic acids is 2. The summed E-state index contributed by atoms with van der Waals surface area (Å²) in [6.45, 7) is 4.51. The lowest BCUT2D eigenvalue weighted by molar-refractivity contribution is -0.133. The number of rotatable bonds is 10. The number of anilines is 1. The summed E-state index contributed by atoms with van der Waals surface area (Å²) < 4.78 is 17.1. The Bertz CT molecular complexity index is 1970. The first kappa shape index (κ1) is 39.8. The van der Waals surface area contributed by atoms with Crippen LogP contribution in [-0.4, -0.2) is 56.1 Å². The first-order valence-corrected chi connectivity index (χ1v) is 20.7. The van der Waals surface area contributed by atoms with Gasteiger partial charge in [-0.25, -0.2) is 9.37 Å². The molecule has 3 aliphatic rings. The van der Waals surface area contributed by atoms with Crippen molar-refractivity contribution in [1.82, 2.24) is 15.2 Å². The van der Waals surface area contributed by atoms with E-state index in [9.17, 15) is 15.0 Å². The average Bonchev–Trinajstić information content (AvgIpc) is 3.45. The first-order valence-electron chi connectivity index (χ1n) is 19.3. The van der Waals surface area contributed by atoms with E-state index in [1.54, 1.807) is 24.4 Å². The molecule has 1 spiro atoms. The lowest BCUT2D eigenvalue weighted by atomic mass is 9.61. The second-order valence-electron chi connectivity index (χ2n) is 16.3. The van der Waals surface area contributed by atoms with Crippen molar-refractivity contribution < 1.29 is 24.2 Å². The molecule has 5 atom stereocenters. The van der Waals surface area contributed by atoms with Crippen LogP contribution in [0.1, 0.15) is 111 Å². The fourth-order valence-corrected chi connectivity index (χ4v) is 10.4. The zero-order chi connectivity index (χ0) is 38.9. The normalized spacial score (nSPS) is 25.9. The maximum absolute atomic E-state index is 17.0. The van der Waals surface area contributed by atoms with Crippen LogP contribution in [-0.2, 0) is 9.59 Å². The summed E-state index contributed by atoms with van der Waals surface area (Å²) in [4.78, 5) is 34.3. The number of aliphatic hydroxyl groups is 2. The number of hydrogen-bond donors (Lipinski definition) is 4. The molecular weight excluding hydrogens is 830 g/mol. The maximum Gasteiger partial charge on any atom is 0.238 e. The van der Waals surface area contributed by atoms with Gasteiger partial charge in [-0.3, -0.25) is 14.5 Å². The molecule has 7 rings (SSSR count). The number of halogens is 3. The Morgan fingerprint density at radius 1 is 0.945 bits per heavy atom. The molecule has 0 radical (unpaired) electrons. The SMILES string of the molecule is CC1(C)CCC2(CC1)C(c1ccc(Cl)cc1NC=O)[C@@H](c1ccnc(I)c1F)[C@H](C(=O)N[C@H]1CC[C@H](O)CC1)N2[C@H](c1ccccc1)[C@@H](O)c1ccccc1. The van der Waals surface area contributed by atoms with E-state index in [-0.39, 0.29) is 21.1 Å². The summed E-state index contributed by atoms with van der Waals surface area (Å²) in [5.41, 5.74) is 2.28. The van der Waals surface area contributed by atoms with E-state index in [4.69, 9.17) is 11.6 Å². The van der Waals surface area contributed by atoms with Crippen LogP contribution in [0, 0.1) is 14.9 Å². The van der Waals surface area contributed by atoms with Crippen molar-refractivity contribution in [3.05, 3.63) is 128 Å². The van der Waals surface area contributed by atoms with E-state index in [1.165, 1.54) is 0 Å². The average molecular weight is 879 g/mol. The monoisotopic (exact) mass is 878 g/mol. The Hall–Kier alpha value is -3.42. The number of carbonyl (C=O) groups is 2. The van der Waals surface area contributed by atoms with Crippen molar-refractivity contribution in [2.24, 2.45) is 5.41 Å². The number of amides is 2. The highest BCUT2D eigenvalue weighted by Crippen LogP contribution is 2.65. The van der Waals surface area contributed by atoms with Gasteiger partial charge < -0.3 is 20.8 Å². The standard InChI is InChI=1S/C44H49ClFIN4O4/c1-43(2)20-22-44(23-21-43)36(32-18-13-29(45)25-34(32)49-26-52)35(33-19-24-48-41(47)37(33)46)39(42(55)50-30-14-16-31(53)17-15-30)51(44)38(27-9-5-3-6-10-27)40(54)28-11-7-4-8-12-28/h3-13,18-19,24-26,30-31,35-36,38-40,53-54H,14-17,20-23H2,1-2H3,(H,49,52)(H,50,55)/t30-,31-,35-,36?,38-,39-,40+/m1/s1. The van der Waals surface area contributed by atoms with Gasteiger partial charge in [0.15, 0.2) is 5.82 Å². The van der Waals surface area contributed by atoms with Gasteiger partial charge in [0.05, 0.1) is 24.3 Å². The molecule has 2 aliphatic carbocycles. The van der Waals surface area contributed by atoms with Gasteiger partial charge in [-0.2, -0.15) is 0 Å². The number of nitrogens with one attached hydrogen (secondary N) is 2. The van der Waals surface area contributed by atoms with Crippen molar-refractivity contribution in [2.45, 2.75) is 113 Å². The number of nitrogens with zero attached hydrogens (tertiary/aromatic N) is 2. The molecule has 3 fully saturated rings. The fraction of sp³-hybridized carbons (Fsp3) is 0.432. The molecule has 1 unspecified atom stereocenters. The summed E-state index contributed by atoms with van der Waals surface area (Å²) in [5, 5.41) is 29.9. The smallest absolute Gasteiger partial charge is 0.238 e. The van der Waals surface area contributed by atoms with Crippen LogP contribution in [0.15, 0.2) is 91.1 Å². The summed E-state index contributed by atoms with van der Waals surface area (Å²) in [5.74, 6) is -2.09. The van der Waals surface area contributed by atoms with Gasteiger partial charge >= 0.3 is 0 Å². The largest absolute Gasteiger partial charge is 0.393 e. The Balaban J connectivity index is 1.55. The molecule has 2 heterocycles. The summed E-state index contributed by atoms with van der Waals surface area (Å²) in [6, 6.07) is 24.5. The Labute approximate surface area is 341 Å². The Kier molecular flexibility index (Phi) is 12.0. The number of hydrogen-bond acceptors (Lipinski definition) is 6. The highest BCUT2D eigenvalue weighted by Gasteiger charge is 2.65. The zero-order valence-corrected chi connectivity index (χ0v) is 34.1. The second-order valence-corrected chi connectivity index (χ2v) is 17.8. The highest BCUT2D eigenvalue weighted by atomic mass is 127. The van der Waals surface area contributed by atoms with Gasteiger partial charge in [0.1, 0.15) is 3.70 Å². The first-order chi connectivity index (χ1) is 26.4. The maximum atomic E-state index is 17.0. The second kappa shape index (κ2) is 16.6. The predicted octanol–water partition coefficient (Wildman–Crippen LogP) is 8.83. The van der Waals surface area contributed by atoms with E-state index in [0.29, 0.717) is 66.8 Å². The fourth-order valence-electron chi connectivity index (χ4n) is 9.79. The van der Waals surface area contributed by atoms with Gasteiger partial charge in [0.25, 0.3) is 0 Å². The molecule has 0 bridgehead atoms. The molecule has 11 heteroatoms. The van der Waals surface area contributed by atoms with Crippen LogP contribution in [0.4, 0.5) is 10.1 Å². The lowest BCUT2D eigenvalue weighted by Gasteiger charge is -2.53. The number of pyridine rings is 1. The molecular formula is C44H49ClFIN4O4. The van der Waals surface area contributed by atoms with Gasteiger partial charge in [-0.15, -0.1) is 0 Å². The number of aliphatic hydroxyl groups excluding tert-OH is 2. The van der Waals surface area contributed by atoms with Crippen molar-refractivity contribution in [3.63, 3.8) is 0 Å². The molecule has 4 aromatic rings. The van der Waals surface area contributed by atoms with Gasteiger partial charge in [0.2, 0.25) is 12.3 Å². The predicted molar refractivity (Wildman–Crippen MR) is 221 cm³/mol. The molecule has 1 aromatic heterocycles. The lowest BCUT2D eigenvalue weighted by Crippen LogP contribution is -2.58. The summed E-state index contributed by atoms with van der Waals surface area (Å²) >= 11 is 8.50. The van der Waals surface area contributed by atoms with E-state index >= 15 is 9.18 Å². The molecule has 4 N–H and O–H groups in total. The van der Waals surface area contributed by atoms with Crippen LogP contribution < -0.4 is 10.6 Å². The van der Waals surface area contributed by atoms with E-state index in [2.05, 4.69) is 34.4 Å². The topological polar surface area (TPSA) is 115 Å². The van der Waals surface area contributed by atoms with Gasteiger partial charge in [-0.05, 0) is 120 Å². The van der Waals surface area contributed by atoms with E-state index in [1.807, 2.05) is 89.3 Å². The third-order valence-electron chi connectivity index (χ3n) is 12.6. The minimum atomic E-state index is -1.07. The highest BCUT2D eigenvalue weighted by molar-refractivity contribution is 14.1. The minimum absolute atomic E-state index is 0.0122. The van der Waals surface area contributed by atoms with E-state index in [0.717, 1.165) is 24.0 Å². The quantitative estimate of drug-likeness (QED) is 0.0720. The van der Waals surface area contributed by atoms with Crippen LogP contribution >= 0.6 is 34.2 Å². The zero-order valence-electron chi connectivity index (χ0n) is 31.2. The summed E-state index contributed by atoms with van der Waals surface area (Å²) in [7, 11) is 0. The molecule has 3 aromatic carbocycles. The van der Waals surface area contributed by atoms with Crippen molar-refractivity contribution in [3.8, 4) is 0 Å². The van der Waals surface area contributed by atoms with Crippen LogP contribution in [0.5, 0.6) is 0 Å². The van der Waals surface area contributed by atoms with Gasteiger partial charge in [0, 0.05) is 40.3 Å². The Morgan fingerprint density at radius 2 is 1.58 bits per heavy atom. The van der Waals surface area contributed by atoms with Crippen molar-refractivity contribution >= 4 is 52.2 Å². The molecule has 55 heavy (non-hydrogen) atoms. The molecule has 1 saturated heterocycles. The van der Waals surface area contributed by atoms with E-state index < -0.39 is 47.5 Å². The third-order valence-corrected chi connectivity index (χ3v) is 13.5. The molecule has 8 nitrogen and oxygen atoms in total. The van der Waals surface area contributed by atoms with Crippen LogP contribution in [0.3, 0.4) is 0 Å². The molecule has 2 saturated carbocycles. The number of likely N-dealkylation sites (tertiary alicyclic amines) is 1. The third kappa shape index (κ3) is 7.94. The van der Waals surface area contributed by atoms with Crippen molar-refractivity contribution in [2.75, 3.05) is 5.32 Å². The summed E-state index contributed by atoms with van der Waals surface area (Å²) in [6.07, 6.45) is 6.01. The number of benzene rings is 3. The molecule has 2 amide bonds. The van der Waals surface area contributed by atoms with Crippen molar-refractivity contribution in [1.29, 1.82) is 0 Å². The van der Waals surface area contributed by atoms with Crippen LogP contribution in [0.2, 0.25) is 5.02 Å². The van der Waals surface area contributed by atoms with Crippen LogP contribution in [0.25, 0.3) is 0 Å². The number of aromatic nitrogens is 1. The molecule has 1 aliphatic heterocycles. The van der Waals surface area contributed by atoms with Gasteiger partial charge in [-0.1, -0.05) is 92.2 Å². The Morgan fingerprint density at radius 3 is 2.22 bits per heavy atom.